The van der Waals surface area contributed by atoms with E-state index in [4.69, 9.17) is 14.0 Å². The molecule has 0 radical (unpaired) electrons. The zero-order valence-electron chi connectivity index (χ0n) is 11.0. The topological polar surface area (TPSA) is 69.4 Å². The SMILES string of the molecule is CCCNC1COCC1c1nc(COCC)no1. The molecule has 1 saturated heterocycles. The summed E-state index contributed by atoms with van der Waals surface area (Å²) in [7, 11) is 0. The van der Waals surface area contributed by atoms with Gasteiger partial charge in [-0.05, 0) is 19.9 Å². The first kappa shape index (κ1) is 13.5. The van der Waals surface area contributed by atoms with Gasteiger partial charge in [-0.25, -0.2) is 0 Å². The van der Waals surface area contributed by atoms with Gasteiger partial charge in [0.25, 0.3) is 0 Å². The zero-order chi connectivity index (χ0) is 12.8. The van der Waals surface area contributed by atoms with E-state index in [0.29, 0.717) is 38.1 Å². The van der Waals surface area contributed by atoms with Crippen LogP contribution in [0.3, 0.4) is 0 Å². The van der Waals surface area contributed by atoms with E-state index in [1.165, 1.54) is 0 Å². The molecule has 1 aliphatic heterocycles. The highest BCUT2D eigenvalue weighted by Crippen LogP contribution is 2.24. The summed E-state index contributed by atoms with van der Waals surface area (Å²) in [5.74, 6) is 1.41. The smallest absolute Gasteiger partial charge is 0.233 e. The van der Waals surface area contributed by atoms with Crippen molar-refractivity contribution in [2.45, 2.75) is 38.8 Å². The van der Waals surface area contributed by atoms with E-state index in [1.54, 1.807) is 0 Å². The molecule has 102 valence electrons. The molecule has 6 heteroatoms. The van der Waals surface area contributed by atoms with Crippen molar-refractivity contribution in [2.75, 3.05) is 26.4 Å². The number of hydrogen-bond acceptors (Lipinski definition) is 6. The zero-order valence-corrected chi connectivity index (χ0v) is 11.0. The van der Waals surface area contributed by atoms with Crippen LogP contribution in [0.15, 0.2) is 4.52 Å². The van der Waals surface area contributed by atoms with Crippen LogP contribution in [-0.4, -0.2) is 42.5 Å². The fraction of sp³-hybridized carbons (Fsp3) is 0.833. The highest BCUT2D eigenvalue weighted by atomic mass is 16.5. The van der Waals surface area contributed by atoms with Gasteiger partial charge < -0.3 is 19.3 Å². The fourth-order valence-electron chi connectivity index (χ4n) is 2.00. The Morgan fingerprint density at radius 1 is 1.39 bits per heavy atom. The molecule has 2 heterocycles. The van der Waals surface area contributed by atoms with Gasteiger partial charge in [0.2, 0.25) is 5.89 Å². The molecule has 1 aromatic rings. The minimum Gasteiger partial charge on any atom is -0.379 e. The molecule has 2 atom stereocenters. The summed E-state index contributed by atoms with van der Waals surface area (Å²) in [5.41, 5.74) is 0. The summed E-state index contributed by atoms with van der Waals surface area (Å²) in [5, 5.41) is 7.37. The van der Waals surface area contributed by atoms with Crippen molar-refractivity contribution in [3.8, 4) is 0 Å². The van der Waals surface area contributed by atoms with Crippen molar-refractivity contribution in [2.24, 2.45) is 0 Å². The van der Waals surface area contributed by atoms with Crippen LogP contribution in [-0.2, 0) is 16.1 Å². The molecule has 1 fully saturated rings. The number of hydrogen-bond donors (Lipinski definition) is 1. The Morgan fingerprint density at radius 2 is 2.28 bits per heavy atom. The molecular formula is C12H21N3O3. The normalized spacial score (nSPS) is 23.7. The van der Waals surface area contributed by atoms with Crippen molar-refractivity contribution in [3.05, 3.63) is 11.7 Å². The molecule has 6 nitrogen and oxygen atoms in total. The molecule has 1 N–H and O–H groups in total. The maximum absolute atomic E-state index is 5.49. The molecular weight excluding hydrogens is 234 g/mol. The molecule has 0 spiro atoms. The molecule has 0 bridgehead atoms. The summed E-state index contributed by atoms with van der Waals surface area (Å²) < 4.78 is 16.0. The van der Waals surface area contributed by atoms with Crippen LogP contribution in [0, 0.1) is 0 Å². The molecule has 2 rings (SSSR count). The van der Waals surface area contributed by atoms with E-state index in [1.807, 2.05) is 6.92 Å². The van der Waals surface area contributed by atoms with Gasteiger partial charge in [-0.3, -0.25) is 0 Å². The maximum Gasteiger partial charge on any atom is 0.233 e. The second-order valence-corrected chi connectivity index (χ2v) is 4.39. The van der Waals surface area contributed by atoms with Crippen molar-refractivity contribution in [1.82, 2.24) is 15.5 Å². The Morgan fingerprint density at radius 3 is 3.06 bits per heavy atom. The summed E-state index contributed by atoms with van der Waals surface area (Å²) >= 11 is 0. The summed E-state index contributed by atoms with van der Waals surface area (Å²) in [6, 6.07) is 0.269. The van der Waals surface area contributed by atoms with Gasteiger partial charge in [0, 0.05) is 12.6 Å². The van der Waals surface area contributed by atoms with Crippen molar-refractivity contribution in [3.63, 3.8) is 0 Å². The first-order chi connectivity index (χ1) is 8.85. The van der Waals surface area contributed by atoms with Gasteiger partial charge in [0.15, 0.2) is 5.82 Å². The number of rotatable bonds is 7. The predicted molar refractivity (Wildman–Crippen MR) is 65.3 cm³/mol. The van der Waals surface area contributed by atoms with Gasteiger partial charge in [-0.1, -0.05) is 12.1 Å². The van der Waals surface area contributed by atoms with E-state index in [-0.39, 0.29) is 12.0 Å². The number of aromatic nitrogens is 2. The average molecular weight is 255 g/mol. The number of ether oxygens (including phenoxy) is 2. The lowest BCUT2D eigenvalue weighted by atomic mass is 10.0. The van der Waals surface area contributed by atoms with Crippen LogP contribution < -0.4 is 5.32 Å². The largest absolute Gasteiger partial charge is 0.379 e. The Hall–Kier alpha value is -0.980. The third-order valence-corrected chi connectivity index (χ3v) is 2.97. The fourth-order valence-corrected chi connectivity index (χ4v) is 2.00. The number of nitrogens with one attached hydrogen (secondary N) is 1. The minimum atomic E-state index is 0.152. The quantitative estimate of drug-likeness (QED) is 0.786. The van der Waals surface area contributed by atoms with Crippen molar-refractivity contribution in [1.29, 1.82) is 0 Å². The predicted octanol–water partition coefficient (Wildman–Crippen LogP) is 1.09. The molecule has 0 aliphatic carbocycles. The Balaban J connectivity index is 1.94. The van der Waals surface area contributed by atoms with Gasteiger partial charge >= 0.3 is 0 Å². The van der Waals surface area contributed by atoms with Crippen molar-refractivity contribution < 1.29 is 14.0 Å². The lowest BCUT2D eigenvalue weighted by Crippen LogP contribution is -2.35. The number of nitrogens with zero attached hydrogens (tertiary/aromatic N) is 2. The van der Waals surface area contributed by atoms with Gasteiger partial charge in [0.1, 0.15) is 6.61 Å². The minimum absolute atomic E-state index is 0.152. The van der Waals surface area contributed by atoms with Gasteiger partial charge in [0.05, 0.1) is 19.1 Å². The van der Waals surface area contributed by atoms with Gasteiger partial charge in [-0.2, -0.15) is 4.98 Å². The molecule has 18 heavy (non-hydrogen) atoms. The molecule has 0 saturated carbocycles. The van der Waals surface area contributed by atoms with Crippen LogP contribution in [0.25, 0.3) is 0 Å². The molecule has 0 amide bonds. The van der Waals surface area contributed by atoms with E-state index < -0.39 is 0 Å². The van der Waals surface area contributed by atoms with Crippen LogP contribution in [0.5, 0.6) is 0 Å². The van der Waals surface area contributed by atoms with E-state index in [0.717, 1.165) is 13.0 Å². The first-order valence-electron chi connectivity index (χ1n) is 6.56. The second kappa shape index (κ2) is 6.82. The summed E-state index contributed by atoms with van der Waals surface area (Å²) in [6.45, 7) is 7.45. The lowest BCUT2D eigenvalue weighted by Gasteiger charge is -2.14. The second-order valence-electron chi connectivity index (χ2n) is 4.39. The molecule has 2 unspecified atom stereocenters. The first-order valence-corrected chi connectivity index (χ1v) is 6.56. The monoisotopic (exact) mass is 255 g/mol. The summed E-state index contributed by atoms with van der Waals surface area (Å²) in [4.78, 5) is 4.37. The van der Waals surface area contributed by atoms with Crippen LogP contribution in [0.1, 0.15) is 37.9 Å². The Kier molecular flexibility index (Phi) is 5.10. The molecule has 1 aliphatic rings. The van der Waals surface area contributed by atoms with Crippen LogP contribution >= 0.6 is 0 Å². The van der Waals surface area contributed by atoms with Crippen LogP contribution in [0.2, 0.25) is 0 Å². The average Bonchev–Trinajstić information content (AvgIpc) is 3.02. The van der Waals surface area contributed by atoms with Crippen molar-refractivity contribution >= 4 is 0 Å². The van der Waals surface area contributed by atoms with E-state index >= 15 is 0 Å². The Bertz CT molecular complexity index is 356. The van der Waals surface area contributed by atoms with Crippen LogP contribution in [0.4, 0.5) is 0 Å². The highest BCUT2D eigenvalue weighted by molar-refractivity contribution is 5.02. The maximum atomic E-state index is 5.49. The third-order valence-electron chi connectivity index (χ3n) is 2.97. The summed E-state index contributed by atoms with van der Waals surface area (Å²) in [6.07, 6.45) is 1.10. The molecule has 1 aromatic heterocycles. The standard InChI is InChI=1S/C12H21N3O3/c1-3-5-13-10-7-17-6-9(10)12-14-11(15-18-12)8-16-4-2/h9-10,13H,3-8H2,1-2H3. The highest BCUT2D eigenvalue weighted by Gasteiger charge is 2.33. The Labute approximate surface area is 107 Å². The third kappa shape index (κ3) is 3.28. The van der Waals surface area contributed by atoms with E-state index in [2.05, 4.69) is 22.4 Å². The lowest BCUT2D eigenvalue weighted by molar-refractivity contribution is 0.126. The van der Waals surface area contributed by atoms with Gasteiger partial charge in [-0.15, -0.1) is 0 Å². The van der Waals surface area contributed by atoms with E-state index in [9.17, 15) is 0 Å². The molecule has 0 aromatic carbocycles.